The molecule has 1 atom stereocenters. The molecule has 4 aromatic rings. The third-order valence-electron chi connectivity index (χ3n) is 6.66. The van der Waals surface area contributed by atoms with Gasteiger partial charge in [-0.15, -0.1) is 0 Å². The number of sulfonamides is 1. The lowest BCUT2D eigenvalue weighted by Crippen LogP contribution is -2.53. The highest BCUT2D eigenvalue weighted by Gasteiger charge is 2.35. The van der Waals surface area contributed by atoms with Gasteiger partial charge in [0.1, 0.15) is 12.6 Å². The molecule has 0 aromatic heterocycles. The number of benzene rings is 4. The molecule has 0 bridgehead atoms. The molecule has 224 valence electrons. The molecule has 0 aliphatic heterocycles. The summed E-state index contributed by atoms with van der Waals surface area (Å²) in [6, 6.07) is 25.0. The Bertz CT molecular complexity index is 1710. The normalized spacial score (nSPS) is 11.9. The van der Waals surface area contributed by atoms with Gasteiger partial charge in [0, 0.05) is 35.1 Å². The standard InChI is InChI=1S/C31H27Cl4N3O4S/c1-36-31(40)29(16-21-8-4-2-5-9-21)37(19-22-12-13-23(32)17-26(22)34)30(39)20-38(28-15-14-24(33)18-27(28)35)43(41,42)25-10-6-3-7-11-25/h2-15,17-18,29H,16,19-20H2,1H3,(H,36,40)/t29-/m1/s1. The van der Waals surface area contributed by atoms with Crippen LogP contribution in [0.3, 0.4) is 0 Å². The molecule has 0 spiro atoms. The monoisotopic (exact) mass is 677 g/mol. The molecule has 0 saturated carbocycles. The Morgan fingerprint density at radius 3 is 1.95 bits per heavy atom. The Morgan fingerprint density at radius 1 is 0.791 bits per heavy atom. The van der Waals surface area contributed by atoms with Crippen molar-refractivity contribution >= 4 is 73.9 Å². The topological polar surface area (TPSA) is 86.8 Å². The van der Waals surface area contributed by atoms with Crippen molar-refractivity contribution in [2.45, 2.75) is 23.9 Å². The summed E-state index contributed by atoms with van der Waals surface area (Å²) in [6.07, 6.45) is 0.157. The number of carbonyl (C=O) groups excluding carboxylic acids is 2. The molecule has 4 aromatic carbocycles. The van der Waals surface area contributed by atoms with Gasteiger partial charge in [0.15, 0.2) is 0 Å². The molecule has 0 aliphatic rings. The van der Waals surface area contributed by atoms with Crippen LogP contribution in [0.25, 0.3) is 0 Å². The summed E-state index contributed by atoms with van der Waals surface area (Å²) < 4.78 is 28.9. The van der Waals surface area contributed by atoms with Crippen LogP contribution in [-0.2, 0) is 32.6 Å². The van der Waals surface area contributed by atoms with Crippen LogP contribution in [-0.4, -0.2) is 44.8 Å². The second kappa shape index (κ2) is 14.5. The van der Waals surface area contributed by atoms with Gasteiger partial charge in [0.25, 0.3) is 10.0 Å². The van der Waals surface area contributed by atoms with E-state index in [1.165, 1.54) is 48.3 Å². The van der Waals surface area contributed by atoms with Crippen LogP contribution in [0.5, 0.6) is 0 Å². The molecule has 12 heteroatoms. The molecule has 1 N–H and O–H groups in total. The van der Waals surface area contributed by atoms with E-state index in [2.05, 4.69) is 5.32 Å². The summed E-state index contributed by atoms with van der Waals surface area (Å²) in [5.41, 5.74) is 1.36. The zero-order valence-electron chi connectivity index (χ0n) is 22.9. The van der Waals surface area contributed by atoms with Crippen LogP contribution in [0, 0.1) is 0 Å². The maximum atomic E-state index is 14.3. The number of carbonyl (C=O) groups is 2. The number of rotatable bonds is 11. The Hall–Kier alpha value is -3.27. The van der Waals surface area contributed by atoms with E-state index >= 15 is 0 Å². The average molecular weight is 679 g/mol. The third kappa shape index (κ3) is 8.02. The number of likely N-dealkylation sites (N-methyl/N-ethyl adjacent to an activating group) is 1. The Kier molecular flexibility index (Phi) is 11.0. The van der Waals surface area contributed by atoms with Crippen molar-refractivity contribution in [2.75, 3.05) is 17.9 Å². The number of hydrogen-bond donors (Lipinski definition) is 1. The van der Waals surface area contributed by atoms with Crippen molar-refractivity contribution in [3.8, 4) is 0 Å². The Labute approximate surface area is 271 Å². The van der Waals surface area contributed by atoms with Crippen molar-refractivity contribution in [1.29, 1.82) is 0 Å². The van der Waals surface area contributed by atoms with E-state index in [-0.39, 0.29) is 33.6 Å². The molecule has 0 aliphatic carbocycles. The Balaban J connectivity index is 1.82. The van der Waals surface area contributed by atoms with Crippen molar-refractivity contribution < 1.29 is 18.0 Å². The summed E-state index contributed by atoms with van der Waals surface area (Å²) in [6.45, 7) is -0.778. The van der Waals surface area contributed by atoms with Gasteiger partial charge in [-0.25, -0.2) is 8.42 Å². The van der Waals surface area contributed by atoms with E-state index < -0.39 is 34.4 Å². The van der Waals surface area contributed by atoms with Gasteiger partial charge in [-0.3, -0.25) is 13.9 Å². The summed E-state index contributed by atoms with van der Waals surface area (Å²) in [4.78, 5) is 28.9. The van der Waals surface area contributed by atoms with Crippen molar-refractivity contribution in [3.63, 3.8) is 0 Å². The van der Waals surface area contributed by atoms with Crippen LogP contribution < -0.4 is 9.62 Å². The molecule has 0 unspecified atom stereocenters. The highest BCUT2D eigenvalue weighted by atomic mass is 35.5. The van der Waals surface area contributed by atoms with E-state index in [1.54, 1.807) is 30.3 Å². The summed E-state index contributed by atoms with van der Waals surface area (Å²) in [5, 5.41) is 3.64. The first-order valence-corrected chi connectivity index (χ1v) is 16.0. The van der Waals surface area contributed by atoms with Gasteiger partial charge in [-0.05, 0) is 53.6 Å². The maximum absolute atomic E-state index is 14.3. The summed E-state index contributed by atoms with van der Waals surface area (Å²) >= 11 is 25.2. The lowest BCUT2D eigenvalue weighted by Gasteiger charge is -2.34. The van der Waals surface area contributed by atoms with Crippen LogP contribution >= 0.6 is 46.4 Å². The Morgan fingerprint density at radius 2 is 1.37 bits per heavy atom. The average Bonchev–Trinajstić information content (AvgIpc) is 2.99. The minimum Gasteiger partial charge on any atom is -0.357 e. The predicted molar refractivity (Wildman–Crippen MR) is 172 cm³/mol. The van der Waals surface area contributed by atoms with Crippen LogP contribution in [0.1, 0.15) is 11.1 Å². The summed E-state index contributed by atoms with van der Waals surface area (Å²) in [5.74, 6) is -1.11. The highest BCUT2D eigenvalue weighted by Crippen LogP contribution is 2.33. The summed E-state index contributed by atoms with van der Waals surface area (Å²) in [7, 11) is -2.83. The van der Waals surface area contributed by atoms with Crippen molar-refractivity contribution in [2.24, 2.45) is 0 Å². The molecular weight excluding hydrogens is 652 g/mol. The van der Waals surface area contributed by atoms with Crippen molar-refractivity contribution in [3.05, 3.63) is 128 Å². The lowest BCUT2D eigenvalue weighted by molar-refractivity contribution is -0.139. The quantitative estimate of drug-likeness (QED) is 0.187. The fraction of sp³-hybridized carbons (Fsp3) is 0.161. The number of amides is 2. The van der Waals surface area contributed by atoms with Gasteiger partial charge in [-0.2, -0.15) is 0 Å². The fourth-order valence-electron chi connectivity index (χ4n) is 4.47. The minimum atomic E-state index is -4.30. The van der Waals surface area contributed by atoms with Gasteiger partial charge in [0.05, 0.1) is 15.6 Å². The number of halogens is 4. The van der Waals surface area contributed by atoms with E-state index in [1.807, 2.05) is 30.3 Å². The molecular formula is C31H27Cl4N3O4S. The van der Waals surface area contributed by atoms with Gasteiger partial charge >= 0.3 is 0 Å². The van der Waals surface area contributed by atoms with E-state index in [0.29, 0.717) is 15.6 Å². The van der Waals surface area contributed by atoms with Crippen LogP contribution in [0.2, 0.25) is 20.1 Å². The van der Waals surface area contributed by atoms with Crippen LogP contribution in [0.15, 0.2) is 102 Å². The second-order valence-electron chi connectivity index (χ2n) is 9.50. The fourth-order valence-corrected chi connectivity index (χ4v) is 6.95. The molecule has 4 rings (SSSR count). The first-order valence-electron chi connectivity index (χ1n) is 13.0. The first-order chi connectivity index (χ1) is 20.5. The molecule has 0 fully saturated rings. The third-order valence-corrected chi connectivity index (χ3v) is 9.56. The zero-order valence-corrected chi connectivity index (χ0v) is 26.7. The molecule has 0 heterocycles. The number of hydrogen-bond acceptors (Lipinski definition) is 4. The van der Waals surface area contributed by atoms with Gasteiger partial charge < -0.3 is 10.2 Å². The second-order valence-corrected chi connectivity index (χ2v) is 13.0. The molecule has 2 amide bonds. The molecule has 43 heavy (non-hydrogen) atoms. The van der Waals surface area contributed by atoms with Crippen molar-refractivity contribution in [1.82, 2.24) is 10.2 Å². The molecule has 7 nitrogen and oxygen atoms in total. The van der Waals surface area contributed by atoms with Crippen LogP contribution in [0.4, 0.5) is 5.69 Å². The van der Waals surface area contributed by atoms with Gasteiger partial charge in [0.2, 0.25) is 11.8 Å². The maximum Gasteiger partial charge on any atom is 0.264 e. The SMILES string of the molecule is CNC(=O)[C@@H](Cc1ccccc1)N(Cc1ccc(Cl)cc1Cl)C(=O)CN(c1ccc(Cl)cc1Cl)S(=O)(=O)c1ccccc1. The number of nitrogens with one attached hydrogen (secondary N) is 1. The minimum absolute atomic E-state index is 0.0271. The molecule has 0 saturated heterocycles. The highest BCUT2D eigenvalue weighted by molar-refractivity contribution is 7.92. The lowest BCUT2D eigenvalue weighted by atomic mass is 10.0. The smallest absolute Gasteiger partial charge is 0.264 e. The number of anilines is 1. The van der Waals surface area contributed by atoms with E-state index in [0.717, 1.165) is 9.87 Å². The molecule has 0 radical (unpaired) electrons. The number of nitrogens with zero attached hydrogens (tertiary/aromatic N) is 2. The van der Waals surface area contributed by atoms with E-state index in [9.17, 15) is 18.0 Å². The largest absolute Gasteiger partial charge is 0.357 e. The van der Waals surface area contributed by atoms with Gasteiger partial charge in [-0.1, -0.05) is 101 Å². The first kappa shape index (κ1) is 32.6. The predicted octanol–water partition coefficient (Wildman–Crippen LogP) is 6.88. The zero-order chi connectivity index (χ0) is 31.1. The van der Waals surface area contributed by atoms with E-state index in [4.69, 9.17) is 46.4 Å².